The van der Waals surface area contributed by atoms with Crippen LogP contribution in [0, 0.1) is 5.82 Å². The van der Waals surface area contributed by atoms with E-state index in [2.05, 4.69) is 4.90 Å². The molecule has 1 amide bonds. The normalized spacial score (nSPS) is 15.6. The number of fused-ring (bicyclic) bond motifs is 1. The number of benzene rings is 2. The molecule has 0 bridgehead atoms. The van der Waals surface area contributed by atoms with Crippen molar-refractivity contribution >= 4 is 16.9 Å². The summed E-state index contributed by atoms with van der Waals surface area (Å²) in [6.45, 7) is 3.64. The zero-order chi connectivity index (χ0) is 17.2. The molecule has 25 heavy (non-hydrogen) atoms. The Labute approximate surface area is 145 Å². The molecule has 2 aromatic carbocycles. The van der Waals surface area contributed by atoms with Crippen molar-refractivity contribution in [1.82, 2.24) is 9.80 Å². The van der Waals surface area contributed by atoms with Crippen molar-refractivity contribution in [3.8, 4) is 0 Å². The minimum Gasteiger partial charge on any atom is -0.464 e. The maximum atomic E-state index is 13.3. The molecule has 4 rings (SSSR count). The fourth-order valence-corrected chi connectivity index (χ4v) is 3.28. The lowest BCUT2D eigenvalue weighted by atomic mass is 10.1. The van der Waals surface area contributed by atoms with Crippen molar-refractivity contribution in [2.45, 2.75) is 6.54 Å². The van der Waals surface area contributed by atoms with E-state index in [1.54, 1.807) is 18.4 Å². The van der Waals surface area contributed by atoms with E-state index in [0.717, 1.165) is 29.6 Å². The largest absolute Gasteiger partial charge is 0.464 e. The van der Waals surface area contributed by atoms with Gasteiger partial charge in [-0.2, -0.15) is 0 Å². The van der Waals surface area contributed by atoms with Crippen molar-refractivity contribution in [3.63, 3.8) is 0 Å². The van der Waals surface area contributed by atoms with E-state index in [1.165, 1.54) is 6.07 Å². The summed E-state index contributed by atoms with van der Waals surface area (Å²) >= 11 is 0. The van der Waals surface area contributed by atoms with E-state index >= 15 is 0 Å². The molecule has 0 unspecified atom stereocenters. The lowest BCUT2D eigenvalue weighted by Gasteiger charge is -2.34. The highest BCUT2D eigenvalue weighted by molar-refractivity contribution is 5.97. The van der Waals surface area contributed by atoms with E-state index < -0.39 is 0 Å². The first-order valence-corrected chi connectivity index (χ1v) is 8.42. The Balaban J connectivity index is 1.38. The number of rotatable bonds is 3. The van der Waals surface area contributed by atoms with Crippen molar-refractivity contribution < 1.29 is 13.6 Å². The van der Waals surface area contributed by atoms with Crippen molar-refractivity contribution in [2.24, 2.45) is 0 Å². The lowest BCUT2D eigenvalue weighted by molar-refractivity contribution is 0.0628. The fraction of sp³-hybridized carbons (Fsp3) is 0.250. The molecule has 0 saturated carbocycles. The van der Waals surface area contributed by atoms with Gasteiger partial charge in [-0.3, -0.25) is 9.69 Å². The van der Waals surface area contributed by atoms with Crippen LogP contribution in [0.1, 0.15) is 15.9 Å². The predicted molar refractivity (Wildman–Crippen MR) is 93.8 cm³/mol. The van der Waals surface area contributed by atoms with Gasteiger partial charge in [0.2, 0.25) is 0 Å². The molecule has 0 spiro atoms. The average molecular weight is 338 g/mol. The molecule has 1 fully saturated rings. The highest BCUT2D eigenvalue weighted by Gasteiger charge is 2.22. The molecule has 0 atom stereocenters. The third-order valence-corrected chi connectivity index (χ3v) is 4.65. The van der Waals surface area contributed by atoms with Gasteiger partial charge < -0.3 is 9.32 Å². The molecule has 4 nitrogen and oxygen atoms in total. The van der Waals surface area contributed by atoms with Crippen molar-refractivity contribution in [2.75, 3.05) is 26.2 Å². The Morgan fingerprint density at radius 2 is 1.88 bits per heavy atom. The molecule has 1 aliphatic rings. The average Bonchev–Trinajstić information content (AvgIpc) is 3.09. The summed E-state index contributed by atoms with van der Waals surface area (Å²) in [4.78, 5) is 16.8. The SMILES string of the molecule is O=C(c1ccc2occc2c1)N1CCN(Cc2cccc(F)c2)CC1. The van der Waals surface area contributed by atoms with E-state index in [9.17, 15) is 9.18 Å². The van der Waals surface area contributed by atoms with Gasteiger partial charge in [0.1, 0.15) is 11.4 Å². The van der Waals surface area contributed by atoms with E-state index in [0.29, 0.717) is 25.2 Å². The summed E-state index contributed by atoms with van der Waals surface area (Å²) in [7, 11) is 0. The van der Waals surface area contributed by atoms with Crippen LogP contribution in [0.3, 0.4) is 0 Å². The second-order valence-corrected chi connectivity index (χ2v) is 6.37. The Kier molecular flexibility index (Phi) is 4.24. The third kappa shape index (κ3) is 3.42. The lowest BCUT2D eigenvalue weighted by Crippen LogP contribution is -2.48. The molecule has 0 aliphatic carbocycles. The second kappa shape index (κ2) is 6.69. The Hall–Kier alpha value is -2.66. The molecule has 128 valence electrons. The van der Waals surface area contributed by atoms with Gasteiger partial charge in [0.25, 0.3) is 5.91 Å². The highest BCUT2D eigenvalue weighted by Crippen LogP contribution is 2.19. The zero-order valence-corrected chi connectivity index (χ0v) is 13.8. The standard InChI is InChI=1S/C20H19FN2O2/c21-18-3-1-2-15(12-18)14-22-7-9-23(10-8-22)20(24)17-4-5-19-16(13-17)6-11-25-19/h1-6,11-13H,7-10,14H2. The molecule has 2 heterocycles. The second-order valence-electron chi connectivity index (χ2n) is 6.37. The molecule has 1 aromatic heterocycles. The Bertz CT molecular complexity index is 897. The molecule has 1 aliphatic heterocycles. The van der Waals surface area contributed by atoms with Gasteiger partial charge >= 0.3 is 0 Å². The summed E-state index contributed by atoms with van der Waals surface area (Å²) in [5.41, 5.74) is 2.44. The fourth-order valence-electron chi connectivity index (χ4n) is 3.28. The van der Waals surface area contributed by atoms with Crippen molar-refractivity contribution in [3.05, 3.63) is 71.7 Å². The first-order chi connectivity index (χ1) is 12.2. The molecule has 3 aromatic rings. The van der Waals surface area contributed by atoms with Crippen LogP contribution in [0.25, 0.3) is 11.0 Å². The molecule has 5 heteroatoms. The number of amides is 1. The zero-order valence-electron chi connectivity index (χ0n) is 13.8. The Morgan fingerprint density at radius 3 is 2.68 bits per heavy atom. The van der Waals surface area contributed by atoms with E-state index in [-0.39, 0.29) is 11.7 Å². The van der Waals surface area contributed by atoms with Crippen LogP contribution in [-0.4, -0.2) is 41.9 Å². The van der Waals surface area contributed by atoms with Gasteiger partial charge in [0.15, 0.2) is 0 Å². The summed E-state index contributed by atoms with van der Waals surface area (Å²) in [6, 6.07) is 14.1. The molecular formula is C20H19FN2O2. The van der Waals surface area contributed by atoms with Gasteiger partial charge in [0.05, 0.1) is 6.26 Å². The summed E-state index contributed by atoms with van der Waals surface area (Å²) in [5.74, 6) is -0.158. The molecule has 0 N–H and O–H groups in total. The maximum Gasteiger partial charge on any atom is 0.253 e. The van der Waals surface area contributed by atoms with Gasteiger partial charge in [0, 0.05) is 43.7 Å². The monoisotopic (exact) mass is 338 g/mol. The van der Waals surface area contributed by atoms with E-state index in [4.69, 9.17) is 4.42 Å². The minimum absolute atomic E-state index is 0.0495. The van der Waals surface area contributed by atoms with Crippen LogP contribution in [0.2, 0.25) is 0 Å². The third-order valence-electron chi connectivity index (χ3n) is 4.65. The number of hydrogen-bond acceptors (Lipinski definition) is 3. The summed E-state index contributed by atoms with van der Waals surface area (Å²) < 4.78 is 18.6. The Morgan fingerprint density at radius 1 is 1.04 bits per heavy atom. The number of carbonyl (C=O) groups is 1. The van der Waals surface area contributed by atoms with Gasteiger partial charge in [-0.1, -0.05) is 12.1 Å². The van der Waals surface area contributed by atoms with Crippen LogP contribution in [0.4, 0.5) is 4.39 Å². The number of halogens is 1. The predicted octanol–water partition coefficient (Wildman–Crippen LogP) is 3.53. The van der Waals surface area contributed by atoms with Gasteiger partial charge in [-0.15, -0.1) is 0 Å². The van der Waals surface area contributed by atoms with Gasteiger partial charge in [-0.25, -0.2) is 4.39 Å². The maximum absolute atomic E-state index is 13.3. The topological polar surface area (TPSA) is 36.7 Å². The van der Waals surface area contributed by atoms with E-state index in [1.807, 2.05) is 35.2 Å². The number of furan rings is 1. The van der Waals surface area contributed by atoms with Crippen molar-refractivity contribution in [1.29, 1.82) is 0 Å². The van der Waals surface area contributed by atoms with Crippen LogP contribution in [-0.2, 0) is 6.54 Å². The first kappa shape index (κ1) is 15.8. The first-order valence-electron chi connectivity index (χ1n) is 8.42. The quantitative estimate of drug-likeness (QED) is 0.733. The number of piperazine rings is 1. The van der Waals surface area contributed by atoms with Crippen LogP contribution < -0.4 is 0 Å². The van der Waals surface area contributed by atoms with Gasteiger partial charge in [-0.05, 0) is 42.0 Å². The molecule has 0 radical (unpaired) electrons. The molecule has 1 saturated heterocycles. The smallest absolute Gasteiger partial charge is 0.253 e. The minimum atomic E-state index is -0.207. The number of nitrogens with zero attached hydrogens (tertiary/aromatic N) is 2. The van der Waals surface area contributed by atoms with Crippen LogP contribution >= 0.6 is 0 Å². The summed E-state index contributed by atoms with van der Waals surface area (Å²) in [6.07, 6.45) is 1.63. The number of carbonyl (C=O) groups excluding carboxylic acids is 1. The number of hydrogen-bond donors (Lipinski definition) is 0. The molecular weight excluding hydrogens is 319 g/mol. The summed E-state index contributed by atoms with van der Waals surface area (Å²) in [5, 5.41) is 0.940. The van der Waals surface area contributed by atoms with Crippen LogP contribution in [0.5, 0.6) is 0 Å². The van der Waals surface area contributed by atoms with Crippen LogP contribution in [0.15, 0.2) is 59.2 Å². The highest BCUT2D eigenvalue weighted by atomic mass is 19.1.